The highest BCUT2D eigenvalue weighted by Gasteiger charge is 2.21. The molecule has 0 unspecified atom stereocenters. The van der Waals surface area contributed by atoms with Gasteiger partial charge in [-0.15, -0.1) is 11.3 Å². The first kappa shape index (κ1) is 16.3. The van der Waals surface area contributed by atoms with Crippen molar-refractivity contribution in [3.63, 3.8) is 0 Å². The molecule has 0 fully saturated rings. The molecule has 1 aliphatic heterocycles. The summed E-state index contributed by atoms with van der Waals surface area (Å²) in [6, 6.07) is 11.7. The van der Waals surface area contributed by atoms with Gasteiger partial charge in [0.2, 0.25) is 0 Å². The van der Waals surface area contributed by atoms with Crippen molar-refractivity contribution >= 4 is 28.2 Å². The lowest BCUT2D eigenvalue weighted by molar-refractivity contribution is 0.0996. The Morgan fingerprint density at radius 1 is 1.00 bits per heavy atom. The molecule has 0 atom stereocenters. The molecule has 2 heterocycles. The van der Waals surface area contributed by atoms with Crippen LogP contribution in [0.5, 0.6) is 11.5 Å². The van der Waals surface area contributed by atoms with Crippen LogP contribution >= 0.6 is 11.3 Å². The summed E-state index contributed by atoms with van der Waals surface area (Å²) < 4.78 is 11.0. The van der Waals surface area contributed by atoms with E-state index < -0.39 is 0 Å². The van der Waals surface area contributed by atoms with Crippen LogP contribution in [0.3, 0.4) is 0 Å². The second-order valence-electron chi connectivity index (χ2n) is 5.52. The molecule has 7 heteroatoms. The van der Waals surface area contributed by atoms with Crippen molar-refractivity contribution in [3.05, 3.63) is 70.7 Å². The highest BCUT2D eigenvalue weighted by molar-refractivity contribution is 7.13. The quantitative estimate of drug-likeness (QED) is 0.716. The van der Waals surface area contributed by atoms with Crippen molar-refractivity contribution in [1.29, 1.82) is 0 Å². The Balaban J connectivity index is 1.65. The fourth-order valence-electron chi connectivity index (χ4n) is 2.67. The van der Waals surface area contributed by atoms with Gasteiger partial charge in [-0.05, 0) is 24.3 Å². The van der Waals surface area contributed by atoms with Gasteiger partial charge in [0, 0.05) is 22.7 Å². The molecule has 130 valence electrons. The Morgan fingerprint density at radius 2 is 1.77 bits per heavy atom. The molecule has 1 aromatic heterocycles. The third kappa shape index (κ3) is 3.16. The molecule has 1 aliphatic rings. The summed E-state index contributed by atoms with van der Waals surface area (Å²) in [4.78, 5) is 29.6. The van der Waals surface area contributed by atoms with Crippen molar-refractivity contribution < 1.29 is 19.1 Å². The van der Waals surface area contributed by atoms with Gasteiger partial charge in [0.1, 0.15) is 13.2 Å². The summed E-state index contributed by atoms with van der Waals surface area (Å²) in [6.07, 6.45) is 1.60. The van der Waals surface area contributed by atoms with Gasteiger partial charge in [-0.1, -0.05) is 18.2 Å². The molecule has 0 aliphatic carbocycles. The maximum atomic E-state index is 13.0. The van der Waals surface area contributed by atoms with E-state index in [1.54, 1.807) is 54.0 Å². The average Bonchev–Trinajstić information content (AvgIpc) is 3.20. The molecule has 1 N–H and O–H groups in total. The maximum Gasteiger partial charge on any atom is 0.258 e. The predicted octanol–water partition coefficient (Wildman–Crippen LogP) is 3.40. The Labute approximate surface area is 153 Å². The largest absolute Gasteiger partial charge is 0.486 e. The molecule has 0 saturated carbocycles. The minimum absolute atomic E-state index is 0.258. The lowest BCUT2D eigenvalue weighted by Crippen LogP contribution is -2.18. The van der Waals surface area contributed by atoms with Gasteiger partial charge in [-0.3, -0.25) is 14.9 Å². The number of fused-ring (bicyclic) bond motifs is 1. The van der Waals surface area contributed by atoms with Crippen molar-refractivity contribution in [3.8, 4) is 11.5 Å². The smallest absolute Gasteiger partial charge is 0.258 e. The van der Waals surface area contributed by atoms with Gasteiger partial charge >= 0.3 is 0 Å². The lowest BCUT2D eigenvalue weighted by atomic mass is 9.97. The van der Waals surface area contributed by atoms with Crippen molar-refractivity contribution in [2.45, 2.75) is 0 Å². The van der Waals surface area contributed by atoms with Gasteiger partial charge in [0.15, 0.2) is 22.4 Å². The van der Waals surface area contributed by atoms with Crippen LogP contribution in [0.4, 0.5) is 5.13 Å². The molecule has 2 aromatic carbocycles. The summed E-state index contributed by atoms with van der Waals surface area (Å²) in [5, 5.41) is 4.96. The number of anilines is 1. The first-order chi connectivity index (χ1) is 12.7. The predicted molar refractivity (Wildman–Crippen MR) is 97.4 cm³/mol. The Kier molecular flexibility index (Phi) is 4.37. The van der Waals surface area contributed by atoms with E-state index >= 15 is 0 Å². The third-order valence-corrected chi connectivity index (χ3v) is 4.56. The number of carbonyl (C=O) groups is 2. The number of carbonyl (C=O) groups excluding carboxylic acids is 2. The van der Waals surface area contributed by atoms with Crippen molar-refractivity contribution in [2.75, 3.05) is 18.5 Å². The van der Waals surface area contributed by atoms with Gasteiger partial charge in [-0.25, -0.2) is 4.98 Å². The molecular weight excluding hydrogens is 352 g/mol. The highest BCUT2D eigenvalue weighted by Crippen LogP contribution is 2.31. The minimum Gasteiger partial charge on any atom is -0.486 e. The number of hydrogen-bond donors (Lipinski definition) is 1. The number of benzene rings is 2. The van der Waals surface area contributed by atoms with E-state index in [4.69, 9.17) is 9.47 Å². The zero-order valence-corrected chi connectivity index (χ0v) is 14.4. The first-order valence-electron chi connectivity index (χ1n) is 7.96. The lowest BCUT2D eigenvalue weighted by Gasteiger charge is -2.18. The number of thiazole rings is 1. The second-order valence-corrected chi connectivity index (χ2v) is 6.42. The highest BCUT2D eigenvalue weighted by atomic mass is 32.1. The normalized spacial score (nSPS) is 12.5. The Bertz CT molecular complexity index is 969. The Hall–Kier alpha value is -3.19. The number of ketones is 1. The van der Waals surface area contributed by atoms with Gasteiger partial charge in [-0.2, -0.15) is 0 Å². The third-order valence-electron chi connectivity index (χ3n) is 3.87. The van der Waals surface area contributed by atoms with Crippen LogP contribution in [-0.4, -0.2) is 29.9 Å². The summed E-state index contributed by atoms with van der Waals surface area (Å²) in [5.41, 5.74) is 1.05. The van der Waals surface area contributed by atoms with Crippen LogP contribution in [0, 0.1) is 0 Å². The van der Waals surface area contributed by atoms with Crippen LogP contribution in [0.25, 0.3) is 0 Å². The monoisotopic (exact) mass is 366 g/mol. The van der Waals surface area contributed by atoms with Crippen LogP contribution in [-0.2, 0) is 0 Å². The van der Waals surface area contributed by atoms with Gasteiger partial charge in [0.05, 0.1) is 5.56 Å². The molecule has 6 nitrogen and oxygen atoms in total. The summed E-state index contributed by atoms with van der Waals surface area (Å²) in [5.74, 6) is 0.516. The van der Waals surface area contributed by atoms with Crippen molar-refractivity contribution in [2.24, 2.45) is 0 Å². The first-order valence-corrected chi connectivity index (χ1v) is 8.84. The number of nitrogens with zero attached hydrogens (tertiary/aromatic N) is 1. The summed E-state index contributed by atoms with van der Waals surface area (Å²) in [6.45, 7) is 0.928. The molecule has 1 amide bonds. The zero-order valence-electron chi connectivity index (χ0n) is 13.6. The number of rotatable bonds is 4. The number of hydrogen-bond acceptors (Lipinski definition) is 6. The maximum absolute atomic E-state index is 13.0. The SMILES string of the molecule is O=C(Nc1nccs1)c1ccccc1C(=O)c1ccc2c(c1)OCCO2. The van der Waals surface area contributed by atoms with E-state index in [1.165, 1.54) is 11.3 Å². The van der Waals surface area contributed by atoms with E-state index in [0.717, 1.165) is 0 Å². The fourth-order valence-corrected chi connectivity index (χ4v) is 3.19. The average molecular weight is 366 g/mol. The second kappa shape index (κ2) is 6.97. The van der Waals surface area contributed by atoms with Gasteiger partial charge < -0.3 is 9.47 Å². The minimum atomic E-state index is -0.374. The van der Waals surface area contributed by atoms with Crippen LogP contribution in [0.15, 0.2) is 54.0 Å². The molecular formula is C19H14N2O4S. The number of ether oxygens (including phenoxy) is 2. The fraction of sp³-hybridized carbons (Fsp3) is 0.105. The molecule has 0 saturated heterocycles. The summed E-state index contributed by atoms with van der Waals surface area (Å²) >= 11 is 1.31. The van der Waals surface area contributed by atoms with E-state index in [2.05, 4.69) is 10.3 Å². The zero-order chi connectivity index (χ0) is 17.9. The molecule has 0 spiro atoms. The molecule has 0 bridgehead atoms. The van der Waals surface area contributed by atoms with E-state index in [-0.39, 0.29) is 11.7 Å². The van der Waals surface area contributed by atoms with Crippen LogP contribution < -0.4 is 14.8 Å². The van der Waals surface area contributed by atoms with Gasteiger partial charge in [0.25, 0.3) is 5.91 Å². The number of nitrogens with one attached hydrogen (secondary N) is 1. The van der Waals surface area contributed by atoms with Crippen LogP contribution in [0.2, 0.25) is 0 Å². The van der Waals surface area contributed by atoms with E-state index in [9.17, 15) is 9.59 Å². The number of amides is 1. The molecule has 3 aromatic rings. The standard InChI is InChI=1S/C19H14N2O4S/c22-17(12-5-6-15-16(11-12)25-9-8-24-15)13-3-1-2-4-14(13)18(23)21-19-20-7-10-26-19/h1-7,10-11H,8-9H2,(H,20,21,23). The molecule has 0 radical (unpaired) electrons. The van der Waals surface area contributed by atoms with Crippen molar-refractivity contribution in [1.82, 2.24) is 4.98 Å². The molecule has 26 heavy (non-hydrogen) atoms. The topological polar surface area (TPSA) is 77.5 Å². The number of aromatic nitrogens is 1. The summed E-state index contributed by atoms with van der Waals surface area (Å²) in [7, 11) is 0. The Morgan fingerprint density at radius 3 is 2.54 bits per heavy atom. The van der Waals surface area contributed by atoms with Crippen LogP contribution in [0.1, 0.15) is 26.3 Å². The van der Waals surface area contributed by atoms with E-state index in [0.29, 0.717) is 46.5 Å². The molecule has 4 rings (SSSR count). The van der Waals surface area contributed by atoms with E-state index in [1.807, 2.05) is 0 Å².